The van der Waals surface area contributed by atoms with Gasteiger partial charge in [-0.15, -0.1) is 0 Å². The summed E-state index contributed by atoms with van der Waals surface area (Å²) in [4.78, 5) is 38.0. The fourth-order valence-electron chi connectivity index (χ4n) is 2.59. The van der Waals surface area contributed by atoms with Crippen molar-refractivity contribution in [2.75, 3.05) is 18.9 Å². The third kappa shape index (κ3) is 5.26. The van der Waals surface area contributed by atoms with Crippen molar-refractivity contribution in [1.82, 2.24) is 14.7 Å². The summed E-state index contributed by atoms with van der Waals surface area (Å²) >= 11 is 0. The lowest BCUT2D eigenvalue weighted by Gasteiger charge is -2.17. The largest absolute Gasteiger partial charge is 0.331 e. The van der Waals surface area contributed by atoms with Crippen LogP contribution in [-0.2, 0) is 11.3 Å². The molecule has 0 atom stereocenters. The first-order chi connectivity index (χ1) is 12.8. The first-order valence-corrected chi connectivity index (χ1v) is 9.03. The van der Waals surface area contributed by atoms with E-state index in [-0.39, 0.29) is 23.7 Å². The number of anilines is 1. The molecule has 1 aromatic heterocycles. The van der Waals surface area contributed by atoms with Gasteiger partial charge < -0.3 is 10.2 Å². The van der Waals surface area contributed by atoms with E-state index in [1.54, 1.807) is 0 Å². The molecule has 0 unspecified atom stereocenters. The van der Waals surface area contributed by atoms with Gasteiger partial charge in [-0.25, -0.2) is 4.68 Å². The lowest BCUT2D eigenvalue weighted by atomic mass is 10.1. The highest BCUT2D eigenvalue weighted by atomic mass is 16.2. The number of benzene rings is 1. The molecule has 144 valence electrons. The summed E-state index contributed by atoms with van der Waals surface area (Å²) < 4.78 is 1.29. The zero-order valence-corrected chi connectivity index (χ0v) is 16.3. The van der Waals surface area contributed by atoms with E-state index in [1.165, 1.54) is 28.8 Å². The Bertz CT molecular complexity index is 889. The molecule has 1 heterocycles. The van der Waals surface area contributed by atoms with Gasteiger partial charge in [-0.2, -0.15) is 5.10 Å². The maximum atomic E-state index is 12.6. The van der Waals surface area contributed by atoms with E-state index >= 15 is 0 Å². The molecule has 2 aromatic rings. The Hall–Kier alpha value is -2.96. The molecule has 0 bridgehead atoms. The van der Waals surface area contributed by atoms with Gasteiger partial charge in [-0.1, -0.05) is 25.5 Å². The second-order valence-corrected chi connectivity index (χ2v) is 6.59. The van der Waals surface area contributed by atoms with E-state index in [0.29, 0.717) is 6.54 Å². The summed E-state index contributed by atoms with van der Waals surface area (Å²) in [6, 6.07) is 8.40. The highest BCUT2D eigenvalue weighted by molar-refractivity contribution is 5.98. The van der Waals surface area contributed by atoms with Crippen LogP contribution >= 0.6 is 0 Å². The Morgan fingerprint density at radius 3 is 2.63 bits per heavy atom. The lowest BCUT2D eigenvalue weighted by Crippen LogP contribution is -2.36. The molecular formula is C20H26N4O3. The van der Waals surface area contributed by atoms with Gasteiger partial charge in [-0.3, -0.25) is 14.4 Å². The number of hydrogen-bond acceptors (Lipinski definition) is 4. The minimum atomic E-state index is -0.406. The number of aromatic nitrogens is 2. The number of nitrogens with one attached hydrogen (secondary N) is 1. The van der Waals surface area contributed by atoms with Crippen LogP contribution in [0.3, 0.4) is 0 Å². The summed E-state index contributed by atoms with van der Waals surface area (Å²) in [6.45, 7) is 6.28. The van der Waals surface area contributed by atoms with E-state index in [9.17, 15) is 14.4 Å². The predicted molar refractivity (Wildman–Crippen MR) is 105 cm³/mol. The zero-order chi connectivity index (χ0) is 20.0. The van der Waals surface area contributed by atoms with Crippen LogP contribution < -0.4 is 10.9 Å². The molecule has 0 aliphatic carbocycles. The van der Waals surface area contributed by atoms with Gasteiger partial charge in [-0.05, 0) is 43.5 Å². The quantitative estimate of drug-likeness (QED) is 0.811. The second-order valence-electron chi connectivity index (χ2n) is 6.59. The van der Waals surface area contributed by atoms with Crippen molar-refractivity contribution in [3.8, 4) is 0 Å². The minimum absolute atomic E-state index is 0.109. The number of unbranched alkanes of at least 4 members (excludes halogenated alkanes) is 1. The molecule has 0 fully saturated rings. The molecule has 0 spiro atoms. The van der Waals surface area contributed by atoms with E-state index in [2.05, 4.69) is 10.4 Å². The van der Waals surface area contributed by atoms with Crippen LogP contribution in [-0.4, -0.2) is 40.1 Å². The Kier molecular flexibility index (Phi) is 6.87. The summed E-state index contributed by atoms with van der Waals surface area (Å²) in [7, 11) is 1.54. The monoisotopic (exact) mass is 370 g/mol. The highest BCUT2D eigenvalue weighted by Gasteiger charge is 2.18. The van der Waals surface area contributed by atoms with Crippen LogP contribution in [0.15, 0.2) is 35.1 Å². The average molecular weight is 370 g/mol. The van der Waals surface area contributed by atoms with Gasteiger partial charge >= 0.3 is 0 Å². The average Bonchev–Trinajstić information content (AvgIpc) is 2.64. The van der Waals surface area contributed by atoms with Gasteiger partial charge in [0.15, 0.2) is 0 Å². The van der Waals surface area contributed by atoms with Crippen molar-refractivity contribution < 1.29 is 9.59 Å². The molecule has 1 aromatic carbocycles. The normalized spacial score (nSPS) is 10.5. The van der Waals surface area contributed by atoms with Crippen molar-refractivity contribution in [3.63, 3.8) is 0 Å². The second kappa shape index (κ2) is 9.12. The van der Waals surface area contributed by atoms with Gasteiger partial charge in [0, 0.05) is 25.3 Å². The molecule has 0 saturated carbocycles. The topological polar surface area (TPSA) is 84.3 Å². The molecule has 0 aliphatic heterocycles. The van der Waals surface area contributed by atoms with Gasteiger partial charge in [0.05, 0.1) is 6.54 Å². The molecule has 7 nitrogen and oxygen atoms in total. The molecule has 7 heteroatoms. The summed E-state index contributed by atoms with van der Waals surface area (Å²) in [5, 5.41) is 6.96. The Morgan fingerprint density at radius 1 is 1.19 bits per heavy atom. The first kappa shape index (κ1) is 20.4. The molecule has 0 aliphatic rings. The number of carbonyl (C=O) groups excluding carboxylic acids is 2. The number of aryl methyl sites for hydroxylation is 2. The molecule has 2 rings (SSSR count). The van der Waals surface area contributed by atoms with Crippen LogP contribution in [0.4, 0.5) is 5.69 Å². The predicted octanol–water partition coefficient (Wildman–Crippen LogP) is 2.37. The fourth-order valence-corrected chi connectivity index (χ4v) is 2.59. The number of carbonyl (C=O) groups is 2. The van der Waals surface area contributed by atoms with Crippen molar-refractivity contribution >= 4 is 17.5 Å². The van der Waals surface area contributed by atoms with E-state index in [1.807, 2.05) is 39.0 Å². The van der Waals surface area contributed by atoms with E-state index < -0.39 is 5.91 Å². The van der Waals surface area contributed by atoms with Gasteiger partial charge in [0.25, 0.3) is 11.5 Å². The highest BCUT2D eigenvalue weighted by Crippen LogP contribution is 2.17. The number of amides is 2. The van der Waals surface area contributed by atoms with Crippen molar-refractivity contribution in [2.45, 2.75) is 40.2 Å². The third-order valence-electron chi connectivity index (χ3n) is 4.42. The molecule has 0 saturated heterocycles. The summed E-state index contributed by atoms with van der Waals surface area (Å²) in [5.74, 6) is -0.699. The summed E-state index contributed by atoms with van der Waals surface area (Å²) in [6.07, 6.45) is 1.73. The maximum absolute atomic E-state index is 12.6. The molecule has 1 N–H and O–H groups in total. The first-order valence-electron chi connectivity index (χ1n) is 9.03. The lowest BCUT2D eigenvalue weighted by molar-refractivity contribution is -0.116. The number of nitrogens with zero attached hydrogens (tertiary/aromatic N) is 3. The van der Waals surface area contributed by atoms with Crippen molar-refractivity contribution in [3.05, 3.63) is 57.5 Å². The van der Waals surface area contributed by atoms with Crippen molar-refractivity contribution in [2.24, 2.45) is 0 Å². The van der Waals surface area contributed by atoms with Crippen LogP contribution in [0.1, 0.15) is 41.4 Å². The van der Waals surface area contributed by atoms with Crippen LogP contribution in [0, 0.1) is 13.8 Å². The molecular weight excluding hydrogens is 344 g/mol. The Morgan fingerprint density at radius 2 is 1.93 bits per heavy atom. The van der Waals surface area contributed by atoms with Gasteiger partial charge in [0.2, 0.25) is 5.91 Å². The van der Waals surface area contributed by atoms with Crippen molar-refractivity contribution in [1.29, 1.82) is 0 Å². The third-order valence-corrected chi connectivity index (χ3v) is 4.42. The molecule has 2 amide bonds. The zero-order valence-electron chi connectivity index (χ0n) is 16.3. The SMILES string of the molecule is CCCCn1nc(C(=O)N(C)CC(=O)Nc2cccc(C)c2C)ccc1=O. The number of rotatable bonds is 7. The van der Waals surface area contributed by atoms with E-state index in [4.69, 9.17) is 0 Å². The Labute approximate surface area is 159 Å². The molecule has 0 radical (unpaired) electrons. The number of likely N-dealkylation sites (N-methyl/N-ethyl adjacent to an activating group) is 1. The standard InChI is InChI=1S/C20H26N4O3/c1-5-6-12-24-19(26)11-10-17(22-24)20(27)23(4)13-18(25)21-16-9-7-8-14(2)15(16)3/h7-11H,5-6,12-13H2,1-4H3,(H,21,25). The van der Waals surface area contributed by atoms with Gasteiger partial charge in [0.1, 0.15) is 5.69 Å². The Balaban J connectivity index is 2.05. The summed E-state index contributed by atoms with van der Waals surface area (Å²) in [5.41, 5.74) is 2.70. The fraction of sp³-hybridized carbons (Fsp3) is 0.400. The van der Waals surface area contributed by atoms with Crippen LogP contribution in [0.2, 0.25) is 0 Å². The van der Waals surface area contributed by atoms with Crippen LogP contribution in [0.25, 0.3) is 0 Å². The smallest absolute Gasteiger partial charge is 0.274 e. The molecule has 27 heavy (non-hydrogen) atoms. The van der Waals surface area contributed by atoms with Crippen LogP contribution in [0.5, 0.6) is 0 Å². The number of hydrogen-bond donors (Lipinski definition) is 1. The minimum Gasteiger partial charge on any atom is -0.331 e. The maximum Gasteiger partial charge on any atom is 0.274 e. The van der Waals surface area contributed by atoms with E-state index in [0.717, 1.165) is 29.7 Å².